The minimum atomic E-state index is -0.0623. The molecule has 1 aromatic heterocycles. The number of rotatable bonds is 8. The van der Waals surface area contributed by atoms with Gasteiger partial charge in [0.05, 0.1) is 31.4 Å². The number of hydrogen-bond donors (Lipinski definition) is 1. The van der Waals surface area contributed by atoms with Crippen LogP contribution in [0, 0.1) is 0 Å². The number of amides is 1. The van der Waals surface area contributed by atoms with Crippen LogP contribution in [0.5, 0.6) is 11.5 Å². The highest BCUT2D eigenvalue weighted by Crippen LogP contribution is 2.32. The third-order valence-electron chi connectivity index (χ3n) is 3.93. The second-order valence-corrected chi connectivity index (χ2v) is 6.74. The van der Waals surface area contributed by atoms with Crippen molar-refractivity contribution in [3.63, 3.8) is 0 Å². The van der Waals surface area contributed by atoms with E-state index in [1.54, 1.807) is 7.11 Å². The molecule has 0 unspecified atom stereocenters. The smallest absolute Gasteiger partial charge is 0.226 e. The summed E-state index contributed by atoms with van der Waals surface area (Å²) in [4.78, 5) is 16.9. The molecule has 3 rings (SSSR count). The molecule has 6 heteroatoms. The van der Waals surface area contributed by atoms with Gasteiger partial charge in [-0.2, -0.15) is 0 Å². The number of benzene rings is 2. The van der Waals surface area contributed by atoms with Gasteiger partial charge in [0.1, 0.15) is 16.5 Å². The maximum atomic E-state index is 12.3. The molecule has 1 heterocycles. The molecule has 1 amide bonds. The summed E-state index contributed by atoms with van der Waals surface area (Å²) in [6.45, 7) is 3.01. The molecule has 5 nitrogen and oxygen atoms in total. The number of ether oxygens (including phenoxy) is 2. The molecule has 0 saturated heterocycles. The molecular formula is C21H22N2O3S. The van der Waals surface area contributed by atoms with E-state index in [4.69, 9.17) is 9.47 Å². The maximum Gasteiger partial charge on any atom is 0.226 e. The van der Waals surface area contributed by atoms with E-state index in [1.807, 2.05) is 60.8 Å². The van der Waals surface area contributed by atoms with Crippen molar-refractivity contribution < 1.29 is 14.3 Å². The van der Waals surface area contributed by atoms with Gasteiger partial charge in [0.2, 0.25) is 5.91 Å². The molecule has 0 fully saturated rings. The van der Waals surface area contributed by atoms with Crippen LogP contribution in [0.1, 0.15) is 18.2 Å². The fourth-order valence-corrected chi connectivity index (χ4v) is 3.50. The Balaban J connectivity index is 1.61. The predicted octanol–water partition coefficient (Wildman–Crippen LogP) is 4.08. The highest BCUT2D eigenvalue weighted by atomic mass is 32.1. The summed E-state index contributed by atoms with van der Waals surface area (Å²) in [6, 6.07) is 15.5. The zero-order chi connectivity index (χ0) is 19.1. The third-order valence-corrected chi connectivity index (χ3v) is 4.86. The summed E-state index contributed by atoms with van der Waals surface area (Å²) < 4.78 is 10.9. The summed E-state index contributed by atoms with van der Waals surface area (Å²) in [6.07, 6.45) is 0.247. The van der Waals surface area contributed by atoms with Gasteiger partial charge < -0.3 is 14.8 Å². The zero-order valence-corrected chi connectivity index (χ0v) is 16.2. The van der Waals surface area contributed by atoms with Crippen LogP contribution in [-0.4, -0.2) is 24.6 Å². The number of aromatic nitrogens is 1. The lowest BCUT2D eigenvalue weighted by atomic mass is 10.2. The minimum absolute atomic E-state index is 0.0623. The Morgan fingerprint density at radius 1 is 1.19 bits per heavy atom. The maximum absolute atomic E-state index is 12.3. The Hall–Kier alpha value is -2.86. The van der Waals surface area contributed by atoms with E-state index in [0.29, 0.717) is 13.2 Å². The SMILES string of the molecule is CCOc1ccccc1-c1nc(CC(=O)NCc2cccc(OC)c2)cs1. The van der Waals surface area contributed by atoms with Crippen molar-refractivity contribution in [1.82, 2.24) is 10.3 Å². The molecule has 0 aliphatic carbocycles. The number of carbonyl (C=O) groups excluding carboxylic acids is 1. The van der Waals surface area contributed by atoms with E-state index in [9.17, 15) is 4.79 Å². The van der Waals surface area contributed by atoms with Crippen LogP contribution >= 0.6 is 11.3 Å². The van der Waals surface area contributed by atoms with Gasteiger partial charge in [0.25, 0.3) is 0 Å². The number of carbonyl (C=O) groups is 1. The first kappa shape index (κ1) is 18.9. The quantitative estimate of drug-likeness (QED) is 0.638. The molecule has 0 atom stereocenters. The molecule has 140 valence electrons. The molecule has 0 spiro atoms. The second kappa shape index (κ2) is 9.19. The molecule has 3 aromatic rings. The topological polar surface area (TPSA) is 60.5 Å². The van der Waals surface area contributed by atoms with Gasteiger partial charge in [-0.05, 0) is 36.8 Å². The van der Waals surface area contributed by atoms with E-state index in [1.165, 1.54) is 11.3 Å². The third kappa shape index (κ3) is 5.08. The van der Waals surface area contributed by atoms with E-state index in [-0.39, 0.29) is 12.3 Å². The Kier molecular flexibility index (Phi) is 6.44. The van der Waals surface area contributed by atoms with Crippen LogP contribution in [0.4, 0.5) is 0 Å². The molecule has 1 N–H and O–H groups in total. The first-order chi connectivity index (χ1) is 13.2. The van der Waals surface area contributed by atoms with Gasteiger partial charge in [0, 0.05) is 11.9 Å². The molecule has 0 bridgehead atoms. The van der Waals surface area contributed by atoms with Crippen molar-refractivity contribution in [1.29, 1.82) is 0 Å². The Bertz CT molecular complexity index is 908. The number of nitrogens with zero attached hydrogens (tertiary/aromatic N) is 1. The summed E-state index contributed by atoms with van der Waals surface area (Å²) in [5.74, 6) is 1.52. The summed E-state index contributed by atoms with van der Waals surface area (Å²) in [5, 5.41) is 5.70. The van der Waals surface area contributed by atoms with Crippen molar-refractivity contribution in [3.05, 3.63) is 65.2 Å². The number of thiazole rings is 1. The monoisotopic (exact) mass is 382 g/mol. The van der Waals surface area contributed by atoms with Gasteiger partial charge >= 0.3 is 0 Å². The van der Waals surface area contributed by atoms with E-state index >= 15 is 0 Å². The van der Waals surface area contributed by atoms with E-state index in [0.717, 1.165) is 33.3 Å². The van der Waals surface area contributed by atoms with E-state index < -0.39 is 0 Å². The van der Waals surface area contributed by atoms with Gasteiger partial charge in [0.15, 0.2) is 0 Å². The van der Waals surface area contributed by atoms with Gasteiger partial charge in [-0.3, -0.25) is 4.79 Å². The van der Waals surface area contributed by atoms with Gasteiger partial charge in [-0.1, -0.05) is 24.3 Å². The lowest BCUT2D eigenvalue weighted by Crippen LogP contribution is -2.24. The molecular weight excluding hydrogens is 360 g/mol. The normalized spacial score (nSPS) is 10.4. The number of methoxy groups -OCH3 is 1. The molecule has 0 saturated carbocycles. The Morgan fingerprint density at radius 3 is 2.85 bits per heavy atom. The number of hydrogen-bond acceptors (Lipinski definition) is 5. The number of para-hydroxylation sites is 1. The Labute approximate surface area is 163 Å². The largest absolute Gasteiger partial charge is 0.497 e. The average molecular weight is 382 g/mol. The standard InChI is InChI=1S/C21H22N2O3S/c1-3-26-19-10-5-4-9-18(19)21-23-16(14-27-21)12-20(24)22-13-15-7-6-8-17(11-15)25-2/h4-11,14H,3,12-13H2,1-2H3,(H,22,24). The fraction of sp³-hybridized carbons (Fsp3) is 0.238. The van der Waals surface area contributed by atoms with Gasteiger partial charge in [-0.15, -0.1) is 11.3 Å². The van der Waals surface area contributed by atoms with Crippen molar-refractivity contribution in [2.24, 2.45) is 0 Å². The van der Waals surface area contributed by atoms with Crippen molar-refractivity contribution in [2.45, 2.75) is 19.9 Å². The van der Waals surface area contributed by atoms with Crippen molar-refractivity contribution in [3.8, 4) is 22.1 Å². The molecule has 0 radical (unpaired) electrons. The summed E-state index contributed by atoms with van der Waals surface area (Å²) in [5.41, 5.74) is 2.70. The minimum Gasteiger partial charge on any atom is -0.497 e. The first-order valence-electron chi connectivity index (χ1n) is 8.76. The fourth-order valence-electron chi connectivity index (χ4n) is 2.65. The first-order valence-corrected chi connectivity index (χ1v) is 9.63. The van der Waals surface area contributed by atoms with Crippen molar-refractivity contribution >= 4 is 17.2 Å². The molecule has 27 heavy (non-hydrogen) atoms. The van der Waals surface area contributed by atoms with Crippen LogP contribution in [0.2, 0.25) is 0 Å². The average Bonchev–Trinajstić information content (AvgIpc) is 3.15. The van der Waals surface area contributed by atoms with Gasteiger partial charge in [-0.25, -0.2) is 4.98 Å². The van der Waals surface area contributed by atoms with E-state index in [2.05, 4.69) is 10.3 Å². The highest BCUT2D eigenvalue weighted by molar-refractivity contribution is 7.13. The second-order valence-electron chi connectivity index (χ2n) is 5.88. The summed E-state index contributed by atoms with van der Waals surface area (Å²) >= 11 is 1.52. The lowest BCUT2D eigenvalue weighted by molar-refractivity contribution is -0.120. The van der Waals surface area contributed by atoms with Crippen LogP contribution in [-0.2, 0) is 17.8 Å². The van der Waals surface area contributed by atoms with Crippen LogP contribution in [0.25, 0.3) is 10.6 Å². The van der Waals surface area contributed by atoms with Crippen molar-refractivity contribution in [2.75, 3.05) is 13.7 Å². The molecule has 0 aliphatic rings. The zero-order valence-electron chi connectivity index (χ0n) is 15.4. The Morgan fingerprint density at radius 2 is 2.04 bits per heavy atom. The van der Waals surface area contributed by atoms with Crippen LogP contribution < -0.4 is 14.8 Å². The highest BCUT2D eigenvalue weighted by Gasteiger charge is 2.12. The van der Waals surface area contributed by atoms with Crippen LogP contribution in [0.3, 0.4) is 0 Å². The number of nitrogens with one attached hydrogen (secondary N) is 1. The van der Waals surface area contributed by atoms with Crippen LogP contribution in [0.15, 0.2) is 53.9 Å². The lowest BCUT2D eigenvalue weighted by Gasteiger charge is -2.07. The molecule has 0 aliphatic heterocycles. The molecule has 2 aromatic carbocycles. The predicted molar refractivity (Wildman–Crippen MR) is 107 cm³/mol. The summed E-state index contributed by atoms with van der Waals surface area (Å²) in [7, 11) is 1.63.